The van der Waals surface area contributed by atoms with Gasteiger partial charge in [0.15, 0.2) is 5.65 Å². The molecule has 1 amide bonds. The van der Waals surface area contributed by atoms with Gasteiger partial charge in [0, 0.05) is 53.3 Å². The van der Waals surface area contributed by atoms with Crippen molar-refractivity contribution in [1.29, 1.82) is 0 Å². The third-order valence-corrected chi connectivity index (χ3v) is 5.52. The fourth-order valence-corrected chi connectivity index (χ4v) is 3.82. The Balaban J connectivity index is 1.53. The lowest BCUT2D eigenvalue weighted by molar-refractivity contribution is -0.116. The number of nitrogens with one attached hydrogen (secondary N) is 1. The molecular formula is C25H25FN4O3. The molecule has 0 saturated carbocycles. The van der Waals surface area contributed by atoms with Crippen LogP contribution in [0.15, 0.2) is 48.5 Å². The van der Waals surface area contributed by atoms with Gasteiger partial charge in [0.1, 0.15) is 17.3 Å². The number of aryl methyl sites for hydroxylation is 2. The summed E-state index contributed by atoms with van der Waals surface area (Å²) in [5.74, 6) is 0.744. The number of ether oxygens (including phenoxy) is 2. The van der Waals surface area contributed by atoms with Crippen LogP contribution in [0, 0.1) is 19.7 Å². The lowest BCUT2D eigenvalue weighted by atomic mass is 10.1. The number of benzene rings is 2. The molecule has 1 N–H and O–H groups in total. The Labute approximate surface area is 191 Å². The van der Waals surface area contributed by atoms with Gasteiger partial charge in [-0.05, 0) is 38.0 Å². The van der Waals surface area contributed by atoms with Gasteiger partial charge in [0.25, 0.3) is 0 Å². The van der Waals surface area contributed by atoms with Crippen LogP contribution in [0.25, 0.3) is 16.9 Å². The molecule has 8 heteroatoms. The van der Waals surface area contributed by atoms with Crippen molar-refractivity contribution in [1.82, 2.24) is 14.6 Å². The zero-order valence-electron chi connectivity index (χ0n) is 19.0. The highest BCUT2D eigenvalue weighted by Crippen LogP contribution is 2.26. The molecule has 2 aromatic heterocycles. The smallest absolute Gasteiger partial charge is 0.224 e. The molecule has 0 aliphatic carbocycles. The van der Waals surface area contributed by atoms with Crippen LogP contribution in [0.1, 0.15) is 23.4 Å². The van der Waals surface area contributed by atoms with E-state index in [1.807, 2.05) is 26.0 Å². The molecule has 2 aromatic carbocycles. The van der Waals surface area contributed by atoms with Crippen LogP contribution in [0.2, 0.25) is 0 Å². The molecule has 4 aromatic rings. The highest BCUT2D eigenvalue weighted by atomic mass is 19.1. The molecule has 0 aliphatic rings. The molecule has 4 rings (SSSR count). The number of nitrogens with zero attached hydrogens (tertiary/aromatic N) is 3. The molecule has 0 radical (unpaired) electrons. The molecule has 7 nitrogen and oxygen atoms in total. The minimum Gasteiger partial charge on any atom is -0.497 e. The molecule has 33 heavy (non-hydrogen) atoms. The van der Waals surface area contributed by atoms with E-state index in [-0.39, 0.29) is 18.1 Å². The first-order chi connectivity index (χ1) is 15.9. The van der Waals surface area contributed by atoms with Crippen LogP contribution < -0.4 is 14.8 Å². The van der Waals surface area contributed by atoms with Gasteiger partial charge >= 0.3 is 0 Å². The maximum atomic E-state index is 13.6. The summed E-state index contributed by atoms with van der Waals surface area (Å²) in [6, 6.07) is 13.4. The highest BCUT2D eigenvalue weighted by Gasteiger charge is 2.15. The number of halogens is 1. The van der Waals surface area contributed by atoms with E-state index in [0.717, 1.165) is 17.0 Å². The normalized spacial score (nSPS) is 10.9. The number of rotatable bonds is 7. The lowest BCUT2D eigenvalue weighted by Crippen LogP contribution is -2.14. The Hall–Kier alpha value is -3.94. The number of amides is 1. The first-order valence-corrected chi connectivity index (χ1v) is 10.5. The molecule has 0 bridgehead atoms. The van der Waals surface area contributed by atoms with Crippen molar-refractivity contribution in [3.63, 3.8) is 0 Å². The number of fused-ring (bicyclic) bond motifs is 1. The van der Waals surface area contributed by atoms with Gasteiger partial charge in [-0.15, -0.1) is 0 Å². The van der Waals surface area contributed by atoms with E-state index in [9.17, 15) is 9.18 Å². The lowest BCUT2D eigenvalue weighted by Gasteiger charge is -2.12. The summed E-state index contributed by atoms with van der Waals surface area (Å²) in [6.07, 6.45) is 0.773. The molecule has 0 saturated heterocycles. The van der Waals surface area contributed by atoms with Crippen molar-refractivity contribution < 1.29 is 18.7 Å². The Bertz CT molecular complexity index is 1310. The Morgan fingerprint density at radius 2 is 1.79 bits per heavy atom. The maximum Gasteiger partial charge on any atom is 0.224 e. The van der Waals surface area contributed by atoms with Crippen LogP contribution in [-0.2, 0) is 11.2 Å². The second-order valence-corrected chi connectivity index (χ2v) is 7.72. The van der Waals surface area contributed by atoms with Crippen molar-refractivity contribution in [2.75, 3.05) is 19.5 Å². The molecule has 170 valence electrons. The maximum absolute atomic E-state index is 13.6. The summed E-state index contributed by atoms with van der Waals surface area (Å²) in [5, 5.41) is 7.51. The van der Waals surface area contributed by atoms with Crippen molar-refractivity contribution in [2.45, 2.75) is 26.7 Å². The van der Waals surface area contributed by atoms with Gasteiger partial charge in [-0.1, -0.05) is 12.1 Å². The van der Waals surface area contributed by atoms with Gasteiger partial charge in [-0.25, -0.2) is 13.9 Å². The monoisotopic (exact) mass is 448 g/mol. The quantitative estimate of drug-likeness (QED) is 0.442. The summed E-state index contributed by atoms with van der Waals surface area (Å²) < 4.78 is 25.9. The first kappa shape index (κ1) is 22.3. The van der Waals surface area contributed by atoms with E-state index < -0.39 is 0 Å². The van der Waals surface area contributed by atoms with E-state index in [0.29, 0.717) is 40.5 Å². The molecule has 0 spiro atoms. The number of hydrogen-bond donors (Lipinski definition) is 1. The largest absolute Gasteiger partial charge is 0.497 e. The Morgan fingerprint density at radius 3 is 2.45 bits per heavy atom. The van der Waals surface area contributed by atoms with Crippen LogP contribution in [0.4, 0.5) is 10.1 Å². The molecule has 0 fully saturated rings. The van der Waals surface area contributed by atoms with E-state index in [1.165, 1.54) is 12.1 Å². The molecule has 0 unspecified atom stereocenters. The van der Waals surface area contributed by atoms with Gasteiger partial charge in [0.05, 0.1) is 19.9 Å². The number of anilines is 1. The third-order valence-electron chi connectivity index (χ3n) is 5.52. The number of methoxy groups -OCH3 is 2. The fraction of sp³-hybridized carbons (Fsp3) is 0.240. The van der Waals surface area contributed by atoms with Crippen LogP contribution in [0.5, 0.6) is 11.5 Å². The standard InChI is InChI=1S/C25H25FN4O3/c1-15-22(8-9-25(31)28-19-11-20(32-3)13-21(12-19)33-4)16(2)30-24(27-15)14-23(29-30)17-6-5-7-18(26)10-17/h5-7,10-14H,8-9H2,1-4H3,(H,28,31). The second-order valence-electron chi connectivity index (χ2n) is 7.72. The molecule has 0 aliphatic heterocycles. The fourth-order valence-electron chi connectivity index (χ4n) is 3.82. The summed E-state index contributed by atoms with van der Waals surface area (Å²) in [5.41, 5.74) is 5.30. The predicted octanol–water partition coefficient (Wildman–Crippen LogP) is 4.74. The predicted molar refractivity (Wildman–Crippen MR) is 124 cm³/mol. The van der Waals surface area contributed by atoms with Crippen molar-refractivity contribution in [3.05, 3.63) is 71.3 Å². The topological polar surface area (TPSA) is 77.8 Å². The SMILES string of the molecule is COc1cc(NC(=O)CCc2c(C)nc3cc(-c4cccc(F)c4)nn3c2C)cc(OC)c1. The zero-order valence-corrected chi connectivity index (χ0v) is 19.0. The number of carbonyl (C=O) groups excluding carboxylic acids is 1. The Morgan fingerprint density at radius 1 is 1.06 bits per heavy atom. The van der Waals surface area contributed by atoms with Crippen LogP contribution in [-0.4, -0.2) is 34.7 Å². The van der Waals surface area contributed by atoms with Gasteiger partial charge in [-0.3, -0.25) is 4.79 Å². The molecule has 0 atom stereocenters. The summed E-state index contributed by atoms with van der Waals surface area (Å²) in [6.45, 7) is 3.87. The van der Waals surface area contributed by atoms with Crippen molar-refractivity contribution >= 4 is 17.2 Å². The van der Waals surface area contributed by atoms with Crippen LogP contribution >= 0.6 is 0 Å². The average Bonchev–Trinajstić information content (AvgIpc) is 3.23. The van der Waals surface area contributed by atoms with Gasteiger partial charge in [0.2, 0.25) is 5.91 Å². The summed E-state index contributed by atoms with van der Waals surface area (Å²) in [7, 11) is 3.12. The van der Waals surface area contributed by atoms with E-state index in [4.69, 9.17) is 9.47 Å². The highest BCUT2D eigenvalue weighted by molar-refractivity contribution is 5.91. The Kier molecular flexibility index (Phi) is 6.26. The average molecular weight is 448 g/mol. The minimum absolute atomic E-state index is 0.134. The summed E-state index contributed by atoms with van der Waals surface area (Å²) in [4.78, 5) is 17.3. The van der Waals surface area contributed by atoms with Crippen LogP contribution in [0.3, 0.4) is 0 Å². The third kappa shape index (κ3) is 4.79. The zero-order chi connectivity index (χ0) is 23.5. The number of aromatic nitrogens is 3. The molecular weight excluding hydrogens is 423 g/mol. The minimum atomic E-state index is -0.314. The van der Waals surface area contributed by atoms with Gasteiger partial charge < -0.3 is 14.8 Å². The second kappa shape index (κ2) is 9.28. The summed E-state index contributed by atoms with van der Waals surface area (Å²) >= 11 is 0. The number of carbonyl (C=O) groups is 1. The van der Waals surface area contributed by atoms with E-state index >= 15 is 0 Å². The number of hydrogen-bond acceptors (Lipinski definition) is 5. The van der Waals surface area contributed by atoms with Crippen molar-refractivity contribution in [3.8, 4) is 22.8 Å². The molecule has 2 heterocycles. The van der Waals surface area contributed by atoms with Crippen molar-refractivity contribution in [2.24, 2.45) is 0 Å². The van der Waals surface area contributed by atoms with E-state index in [1.54, 1.807) is 43.0 Å². The first-order valence-electron chi connectivity index (χ1n) is 10.5. The van der Waals surface area contributed by atoms with E-state index in [2.05, 4.69) is 15.4 Å². The van der Waals surface area contributed by atoms with Gasteiger partial charge in [-0.2, -0.15) is 5.10 Å².